The summed E-state index contributed by atoms with van der Waals surface area (Å²) in [7, 11) is 0. The maximum atomic E-state index is 11.0. The number of aliphatic hydroxyl groups is 1. The number of aliphatic hydroxyl groups excluding tert-OH is 1. The van der Waals surface area contributed by atoms with Crippen LogP contribution in [0.3, 0.4) is 0 Å². The second-order valence-corrected chi connectivity index (χ2v) is 8.53. The number of ether oxygens (including phenoxy) is 1. The van der Waals surface area contributed by atoms with Crippen LogP contribution in [0, 0.1) is 5.92 Å². The Hall–Kier alpha value is -2.70. The number of rotatable bonds is 6. The normalized spacial score (nSPS) is 23.7. The third kappa shape index (κ3) is 3.73. The van der Waals surface area contributed by atoms with Crippen molar-refractivity contribution in [1.82, 2.24) is 14.5 Å². The largest absolute Gasteiger partial charge is 0.393 e. The zero-order valence-electron chi connectivity index (χ0n) is 17.0. The molecule has 3 heterocycles. The number of nitrogens with zero attached hydrogens (tertiary/aromatic N) is 3. The minimum Gasteiger partial charge on any atom is -0.393 e. The minimum atomic E-state index is -0.321. The Balaban J connectivity index is 1.16. The molecule has 6 nitrogen and oxygen atoms in total. The van der Waals surface area contributed by atoms with Gasteiger partial charge in [0.2, 0.25) is 0 Å². The maximum Gasteiger partial charge on any atom is 0.123 e. The fraction of sp³-hybridized carbons (Fsp3) is 0.417. The standard InChI is InChI=1S/C24H28N4O2/c25-24-10-5-16(12-27-24)14-30-18-8-6-17(7-9-18)23(29)11-21-19-3-1-2-4-20(19)22-13-26-15-28(21)22/h1-5,10,12-13,15,17-18,21,23,29H,6-9,11,14H2,(H2,25,27)/t17-,18-,21?,23?. The molecule has 1 aliphatic heterocycles. The topological polar surface area (TPSA) is 86.2 Å². The molecule has 3 aromatic rings. The summed E-state index contributed by atoms with van der Waals surface area (Å²) in [5, 5.41) is 11.0. The van der Waals surface area contributed by atoms with E-state index in [0.29, 0.717) is 18.3 Å². The highest BCUT2D eigenvalue weighted by Crippen LogP contribution is 2.42. The van der Waals surface area contributed by atoms with E-state index in [1.165, 1.54) is 11.1 Å². The third-order valence-corrected chi connectivity index (χ3v) is 6.66. The van der Waals surface area contributed by atoms with Crippen molar-refractivity contribution in [2.45, 2.75) is 57.0 Å². The molecule has 1 fully saturated rings. The lowest BCUT2D eigenvalue weighted by Gasteiger charge is -2.32. The lowest BCUT2D eigenvalue weighted by atomic mass is 9.81. The quantitative estimate of drug-likeness (QED) is 0.649. The number of hydrogen-bond donors (Lipinski definition) is 2. The van der Waals surface area contributed by atoms with Crippen molar-refractivity contribution in [2.75, 3.05) is 5.73 Å². The summed E-state index contributed by atoms with van der Waals surface area (Å²) in [6.07, 6.45) is 10.2. The molecule has 30 heavy (non-hydrogen) atoms. The van der Waals surface area contributed by atoms with Crippen molar-refractivity contribution in [3.63, 3.8) is 0 Å². The van der Waals surface area contributed by atoms with Crippen molar-refractivity contribution < 1.29 is 9.84 Å². The molecule has 3 N–H and O–H groups in total. The molecule has 2 atom stereocenters. The van der Waals surface area contributed by atoms with Gasteiger partial charge in [0, 0.05) is 11.8 Å². The van der Waals surface area contributed by atoms with Crippen LogP contribution < -0.4 is 5.73 Å². The summed E-state index contributed by atoms with van der Waals surface area (Å²) < 4.78 is 8.29. The molecule has 2 aromatic heterocycles. The average molecular weight is 405 g/mol. The Kier molecular flexibility index (Phi) is 5.27. The van der Waals surface area contributed by atoms with Crippen molar-refractivity contribution in [1.29, 1.82) is 0 Å². The maximum absolute atomic E-state index is 11.0. The van der Waals surface area contributed by atoms with E-state index >= 15 is 0 Å². The first-order valence-electron chi connectivity index (χ1n) is 10.8. The number of nitrogens with two attached hydrogens (primary N) is 1. The molecule has 1 saturated carbocycles. The van der Waals surface area contributed by atoms with E-state index in [-0.39, 0.29) is 18.2 Å². The number of anilines is 1. The van der Waals surface area contributed by atoms with Gasteiger partial charge in [-0.3, -0.25) is 0 Å². The number of imidazole rings is 1. The van der Waals surface area contributed by atoms with E-state index in [1.54, 1.807) is 12.3 Å². The van der Waals surface area contributed by atoms with Gasteiger partial charge in [-0.2, -0.15) is 0 Å². The number of fused-ring (bicyclic) bond motifs is 3. The number of pyridine rings is 1. The van der Waals surface area contributed by atoms with Gasteiger partial charge in [0.15, 0.2) is 0 Å². The minimum absolute atomic E-state index is 0.167. The number of benzene rings is 1. The molecule has 1 aromatic carbocycles. The van der Waals surface area contributed by atoms with Gasteiger partial charge in [0.1, 0.15) is 5.82 Å². The summed E-state index contributed by atoms with van der Waals surface area (Å²) in [6, 6.07) is 12.4. The Morgan fingerprint density at radius 3 is 2.73 bits per heavy atom. The van der Waals surface area contributed by atoms with Crippen molar-refractivity contribution in [2.24, 2.45) is 5.92 Å². The Morgan fingerprint density at radius 1 is 1.10 bits per heavy atom. The van der Waals surface area contributed by atoms with Crippen LogP contribution in [0.15, 0.2) is 55.1 Å². The zero-order valence-corrected chi connectivity index (χ0v) is 17.0. The molecule has 1 aliphatic carbocycles. The molecule has 0 bridgehead atoms. The van der Waals surface area contributed by atoms with E-state index in [4.69, 9.17) is 10.5 Å². The Labute approximate surface area is 176 Å². The van der Waals surface area contributed by atoms with Crippen molar-refractivity contribution in [3.8, 4) is 11.3 Å². The van der Waals surface area contributed by atoms with Crippen LogP contribution in [0.1, 0.15) is 49.3 Å². The van der Waals surface area contributed by atoms with Crippen LogP contribution in [0.5, 0.6) is 0 Å². The highest BCUT2D eigenvalue weighted by Gasteiger charge is 2.33. The molecule has 0 radical (unpaired) electrons. The molecule has 156 valence electrons. The molecule has 5 rings (SSSR count). The highest BCUT2D eigenvalue weighted by molar-refractivity contribution is 5.68. The summed E-state index contributed by atoms with van der Waals surface area (Å²) >= 11 is 0. The summed E-state index contributed by atoms with van der Waals surface area (Å²) in [6.45, 7) is 0.563. The summed E-state index contributed by atoms with van der Waals surface area (Å²) in [5.41, 5.74) is 10.4. The monoisotopic (exact) mass is 404 g/mol. The van der Waals surface area contributed by atoms with E-state index in [0.717, 1.165) is 43.4 Å². The second-order valence-electron chi connectivity index (χ2n) is 8.53. The van der Waals surface area contributed by atoms with Gasteiger partial charge in [-0.15, -0.1) is 0 Å². The number of hydrogen-bond acceptors (Lipinski definition) is 5. The molecule has 0 saturated heterocycles. The first kappa shape index (κ1) is 19.3. The average Bonchev–Trinajstić information content (AvgIpc) is 3.36. The van der Waals surface area contributed by atoms with Gasteiger partial charge < -0.3 is 20.1 Å². The predicted octanol–water partition coefficient (Wildman–Crippen LogP) is 3.96. The summed E-state index contributed by atoms with van der Waals surface area (Å²) in [5.74, 6) is 0.851. The van der Waals surface area contributed by atoms with E-state index < -0.39 is 0 Å². The molecular formula is C24H28N4O2. The number of nitrogen functional groups attached to an aromatic ring is 1. The van der Waals surface area contributed by atoms with Gasteiger partial charge in [0.25, 0.3) is 0 Å². The molecule has 0 amide bonds. The Morgan fingerprint density at radius 2 is 1.93 bits per heavy atom. The zero-order chi connectivity index (χ0) is 20.5. The highest BCUT2D eigenvalue weighted by atomic mass is 16.5. The molecule has 2 unspecified atom stereocenters. The molecule has 2 aliphatic rings. The van der Waals surface area contributed by atoms with Crippen LogP contribution in [0.4, 0.5) is 5.82 Å². The van der Waals surface area contributed by atoms with Crippen LogP contribution in [-0.4, -0.2) is 31.8 Å². The lowest BCUT2D eigenvalue weighted by Crippen LogP contribution is -2.30. The second kappa shape index (κ2) is 8.20. The lowest BCUT2D eigenvalue weighted by molar-refractivity contribution is -0.0160. The van der Waals surface area contributed by atoms with E-state index in [1.807, 2.05) is 18.6 Å². The van der Waals surface area contributed by atoms with Gasteiger partial charge in [-0.05, 0) is 55.2 Å². The SMILES string of the molecule is Nc1ccc(CO[C@H]2CC[C@H](C(O)CC3c4ccccc4-c4cncn43)CC2)cn1. The van der Waals surface area contributed by atoms with Crippen LogP contribution in [-0.2, 0) is 11.3 Å². The van der Waals surface area contributed by atoms with Crippen LogP contribution in [0.2, 0.25) is 0 Å². The van der Waals surface area contributed by atoms with E-state index in [9.17, 15) is 5.11 Å². The van der Waals surface area contributed by atoms with Crippen molar-refractivity contribution >= 4 is 5.82 Å². The third-order valence-electron chi connectivity index (χ3n) is 6.66. The first-order chi connectivity index (χ1) is 14.7. The smallest absolute Gasteiger partial charge is 0.123 e. The fourth-order valence-corrected chi connectivity index (χ4v) is 4.97. The van der Waals surface area contributed by atoms with Crippen LogP contribution >= 0.6 is 0 Å². The van der Waals surface area contributed by atoms with Crippen LogP contribution in [0.25, 0.3) is 11.3 Å². The molecule has 6 heteroatoms. The number of aromatic nitrogens is 3. The van der Waals surface area contributed by atoms with E-state index in [2.05, 4.69) is 38.8 Å². The predicted molar refractivity (Wildman–Crippen MR) is 116 cm³/mol. The van der Waals surface area contributed by atoms with Gasteiger partial charge in [-0.25, -0.2) is 9.97 Å². The van der Waals surface area contributed by atoms with Gasteiger partial charge >= 0.3 is 0 Å². The van der Waals surface area contributed by atoms with Gasteiger partial charge in [-0.1, -0.05) is 30.3 Å². The summed E-state index contributed by atoms with van der Waals surface area (Å²) in [4.78, 5) is 8.44. The first-order valence-corrected chi connectivity index (χ1v) is 10.8. The molecular weight excluding hydrogens is 376 g/mol. The fourth-order valence-electron chi connectivity index (χ4n) is 4.97. The van der Waals surface area contributed by atoms with Crippen molar-refractivity contribution in [3.05, 3.63) is 66.2 Å². The molecule has 0 spiro atoms. The Bertz CT molecular complexity index is 992. The van der Waals surface area contributed by atoms with Gasteiger partial charge in [0.05, 0.1) is 43.1 Å².